The lowest BCUT2D eigenvalue weighted by molar-refractivity contribution is 0.0951. The zero-order chi connectivity index (χ0) is 24.5. The van der Waals surface area contributed by atoms with Gasteiger partial charge in [-0.1, -0.05) is 23.7 Å². The van der Waals surface area contributed by atoms with Crippen molar-refractivity contribution in [3.63, 3.8) is 0 Å². The maximum atomic E-state index is 14.0. The summed E-state index contributed by atoms with van der Waals surface area (Å²) in [6.45, 7) is 0. The number of carbonyl (C=O) groups excluding carboxylic acids is 1. The van der Waals surface area contributed by atoms with Crippen molar-refractivity contribution in [3.8, 4) is 22.8 Å². The molecule has 35 heavy (non-hydrogen) atoms. The highest BCUT2D eigenvalue weighted by atomic mass is 127. The van der Waals surface area contributed by atoms with Gasteiger partial charge in [0.25, 0.3) is 5.91 Å². The number of hydrogen-bond donors (Lipinski definition) is 2. The molecule has 0 spiro atoms. The van der Waals surface area contributed by atoms with E-state index in [1.165, 1.54) is 18.2 Å². The van der Waals surface area contributed by atoms with Crippen LogP contribution >= 0.6 is 46.4 Å². The fourth-order valence-electron chi connectivity index (χ4n) is 3.37. The number of furan rings is 1. The number of rotatable bonds is 4. The number of nitrogens with zero attached hydrogens (tertiary/aromatic N) is 1. The molecule has 5 rings (SSSR count). The number of aromatic nitrogens is 1. The summed E-state index contributed by atoms with van der Waals surface area (Å²) in [7, 11) is 0. The molecule has 2 N–H and O–H groups in total. The number of nitrogens with one attached hydrogen (secondary N) is 2. The van der Waals surface area contributed by atoms with Gasteiger partial charge in [0.1, 0.15) is 17.1 Å². The van der Waals surface area contributed by atoms with Crippen LogP contribution in [-0.2, 0) is 0 Å². The summed E-state index contributed by atoms with van der Waals surface area (Å²) >= 11 is 13.8. The first-order valence-electron chi connectivity index (χ1n) is 10.2. The Morgan fingerprint density at radius 3 is 2.66 bits per heavy atom. The number of fused-ring (bicyclic) bond motifs is 1. The molecule has 6 nitrogen and oxygen atoms in total. The minimum atomic E-state index is -0.566. The molecule has 0 aliphatic carbocycles. The molecule has 2 heterocycles. The lowest BCUT2D eigenvalue weighted by atomic mass is 10.1. The van der Waals surface area contributed by atoms with Gasteiger partial charge in [0, 0.05) is 9.26 Å². The lowest BCUT2D eigenvalue weighted by Gasteiger charge is -2.08. The standard InChI is InChI=1S/C25H14ClFIN3O3S/c26-17-7-5-13(28)11-16(17)24-30-19-12-14(6-8-21(19)34-24)29-25(35)31-23(32)22-10-9-20(33-22)15-3-1-2-4-18(15)27/h1-12H,(H2,29,31,32,35). The van der Waals surface area contributed by atoms with Gasteiger partial charge in [-0.3, -0.25) is 10.1 Å². The molecule has 0 fully saturated rings. The molecule has 1 amide bonds. The van der Waals surface area contributed by atoms with Gasteiger partial charge >= 0.3 is 0 Å². The smallest absolute Gasteiger partial charge is 0.293 e. The summed E-state index contributed by atoms with van der Waals surface area (Å²) in [5, 5.41) is 6.08. The number of thiocarbonyl (C=S) groups is 1. The second-order valence-corrected chi connectivity index (χ2v) is 9.44. The first-order chi connectivity index (χ1) is 16.9. The van der Waals surface area contributed by atoms with E-state index in [2.05, 4.69) is 38.2 Å². The molecule has 0 saturated heterocycles. The van der Waals surface area contributed by atoms with E-state index in [9.17, 15) is 9.18 Å². The SMILES string of the molecule is O=C(NC(=S)Nc1ccc2oc(-c3cc(I)ccc3Cl)nc2c1)c1ccc(-c2ccccc2F)o1. The molecule has 0 unspecified atom stereocenters. The first-order valence-corrected chi connectivity index (χ1v) is 12.1. The van der Waals surface area contributed by atoms with E-state index in [1.54, 1.807) is 42.5 Å². The third kappa shape index (κ3) is 5.07. The van der Waals surface area contributed by atoms with Crippen LogP contribution in [0.15, 0.2) is 81.6 Å². The maximum absolute atomic E-state index is 14.0. The lowest BCUT2D eigenvalue weighted by Crippen LogP contribution is -2.33. The quantitative estimate of drug-likeness (QED) is 0.163. The molecule has 10 heteroatoms. The Morgan fingerprint density at radius 2 is 1.83 bits per heavy atom. The Bertz CT molecular complexity index is 1600. The average Bonchev–Trinajstić information content (AvgIpc) is 3.48. The van der Waals surface area contributed by atoms with Crippen molar-refractivity contribution in [3.05, 3.63) is 93.0 Å². The van der Waals surface area contributed by atoms with Crippen LogP contribution in [-0.4, -0.2) is 16.0 Å². The third-order valence-corrected chi connectivity index (χ3v) is 6.21. The van der Waals surface area contributed by atoms with Crippen molar-refractivity contribution in [1.82, 2.24) is 10.3 Å². The van der Waals surface area contributed by atoms with Gasteiger partial charge < -0.3 is 14.2 Å². The van der Waals surface area contributed by atoms with Crippen molar-refractivity contribution in [2.24, 2.45) is 0 Å². The number of hydrogen-bond acceptors (Lipinski definition) is 5. The second-order valence-electron chi connectivity index (χ2n) is 7.38. The largest absolute Gasteiger partial charge is 0.451 e. The molecule has 174 valence electrons. The summed E-state index contributed by atoms with van der Waals surface area (Å²) in [6.07, 6.45) is 0. The van der Waals surface area contributed by atoms with Crippen LogP contribution in [0, 0.1) is 9.39 Å². The third-order valence-electron chi connectivity index (χ3n) is 5.00. The van der Waals surface area contributed by atoms with Gasteiger partial charge in [0.05, 0.1) is 16.1 Å². The van der Waals surface area contributed by atoms with Gasteiger partial charge in [0.2, 0.25) is 5.89 Å². The van der Waals surface area contributed by atoms with Crippen LogP contribution in [0.3, 0.4) is 0 Å². The summed E-state index contributed by atoms with van der Waals surface area (Å²) in [5.41, 5.74) is 2.73. The Kier molecular flexibility index (Phi) is 6.54. The van der Waals surface area contributed by atoms with E-state index >= 15 is 0 Å². The number of oxazole rings is 1. The molecule has 5 aromatic rings. The number of carbonyl (C=O) groups is 1. The summed E-state index contributed by atoms with van der Waals surface area (Å²) in [4.78, 5) is 17.1. The van der Waals surface area contributed by atoms with E-state index in [-0.39, 0.29) is 22.2 Å². The number of halogens is 3. The number of benzene rings is 3. The van der Waals surface area contributed by atoms with Crippen LogP contribution < -0.4 is 10.6 Å². The van der Waals surface area contributed by atoms with Gasteiger partial charge in [0.15, 0.2) is 16.5 Å². The Labute approximate surface area is 222 Å². The van der Waals surface area contributed by atoms with Crippen LogP contribution in [0.5, 0.6) is 0 Å². The highest BCUT2D eigenvalue weighted by Gasteiger charge is 2.16. The van der Waals surface area contributed by atoms with Gasteiger partial charge in [-0.25, -0.2) is 9.37 Å². The minimum Gasteiger partial charge on any atom is -0.451 e. The molecule has 3 aromatic carbocycles. The molecule has 0 aliphatic rings. The van der Waals surface area contributed by atoms with Crippen molar-refractivity contribution in [2.45, 2.75) is 0 Å². The summed E-state index contributed by atoms with van der Waals surface area (Å²) in [5.74, 6) is -0.365. The zero-order valence-electron chi connectivity index (χ0n) is 17.6. The predicted molar refractivity (Wildman–Crippen MR) is 145 cm³/mol. The second kappa shape index (κ2) is 9.76. The Hall–Kier alpha value is -3.28. The van der Waals surface area contributed by atoms with Crippen molar-refractivity contribution >= 4 is 74.2 Å². The monoisotopic (exact) mass is 617 g/mol. The van der Waals surface area contributed by atoms with Crippen LogP contribution in [0.1, 0.15) is 10.6 Å². The predicted octanol–water partition coefficient (Wildman–Crippen LogP) is 7.28. The molecule has 0 atom stereocenters. The maximum Gasteiger partial charge on any atom is 0.293 e. The molecule has 2 aromatic heterocycles. The minimum absolute atomic E-state index is 0.00151. The molecular weight excluding hydrogens is 604 g/mol. The molecule has 0 aliphatic heterocycles. The fraction of sp³-hybridized carbons (Fsp3) is 0. The van der Waals surface area contributed by atoms with Crippen molar-refractivity contribution < 1.29 is 18.0 Å². The van der Waals surface area contributed by atoms with Crippen molar-refractivity contribution in [2.75, 3.05) is 5.32 Å². The van der Waals surface area contributed by atoms with Crippen LogP contribution in [0.25, 0.3) is 33.9 Å². The van der Waals surface area contributed by atoms with Crippen LogP contribution in [0.4, 0.5) is 10.1 Å². The van der Waals surface area contributed by atoms with Crippen LogP contribution in [0.2, 0.25) is 5.02 Å². The van der Waals surface area contributed by atoms with Gasteiger partial charge in [-0.2, -0.15) is 0 Å². The summed E-state index contributed by atoms with van der Waals surface area (Å²) < 4.78 is 26.3. The normalized spacial score (nSPS) is 10.9. The highest BCUT2D eigenvalue weighted by Crippen LogP contribution is 2.32. The molecule has 0 saturated carbocycles. The van der Waals surface area contributed by atoms with Crippen molar-refractivity contribution in [1.29, 1.82) is 0 Å². The van der Waals surface area contributed by atoms with E-state index < -0.39 is 11.7 Å². The molecular formula is C25H14ClFIN3O3S. The average molecular weight is 618 g/mol. The van der Waals surface area contributed by atoms with Gasteiger partial charge in [-0.15, -0.1) is 0 Å². The van der Waals surface area contributed by atoms with E-state index in [0.717, 1.165) is 3.57 Å². The highest BCUT2D eigenvalue weighted by molar-refractivity contribution is 14.1. The zero-order valence-corrected chi connectivity index (χ0v) is 21.4. The molecule has 0 radical (unpaired) electrons. The van der Waals surface area contributed by atoms with E-state index in [0.29, 0.717) is 33.3 Å². The Balaban J connectivity index is 1.29. The van der Waals surface area contributed by atoms with E-state index in [1.807, 2.05) is 12.1 Å². The first kappa shape index (κ1) is 23.5. The topological polar surface area (TPSA) is 80.3 Å². The van der Waals surface area contributed by atoms with Gasteiger partial charge in [-0.05, 0) is 95.5 Å². The molecule has 0 bridgehead atoms. The Morgan fingerprint density at radius 1 is 1.00 bits per heavy atom. The number of amides is 1. The summed E-state index contributed by atoms with van der Waals surface area (Å²) in [6, 6.07) is 19.9. The number of anilines is 1. The fourth-order valence-corrected chi connectivity index (χ4v) is 4.27. The van der Waals surface area contributed by atoms with E-state index in [4.69, 9.17) is 32.7 Å².